The van der Waals surface area contributed by atoms with Crippen LogP contribution in [0.2, 0.25) is 5.15 Å². The molecule has 1 atom stereocenters. The van der Waals surface area contributed by atoms with Crippen molar-refractivity contribution in [1.82, 2.24) is 39.2 Å². The Hall–Kier alpha value is -3.79. The van der Waals surface area contributed by atoms with Crippen LogP contribution in [0.5, 0.6) is 0 Å². The van der Waals surface area contributed by atoms with E-state index in [4.69, 9.17) is 16.6 Å². The highest BCUT2D eigenvalue weighted by Crippen LogP contribution is 2.27. The van der Waals surface area contributed by atoms with Gasteiger partial charge in [0.25, 0.3) is 0 Å². The quantitative estimate of drug-likeness (QED) is 0.499. The van der Waals surface area contributed by atoms with Crippen LogP contribution < -0.4 is 5.32 Å². The molecule has 5 rings (SSSR count). The second-order valence-corrected chi connectivity index (χ2v) is 7.91. The Kier molecular flexibility index (Phi) is 5.06. The first-order chi connectivity index (χ1) is 15.5. The SMILES string of the molecule is CN1CCC(c2cn(-c3cccc(-c4ccnc(Nc5cnn(C)c5Cl)n4)n3)cn2)C1=O. The van der Waals surface area contributed by atoms with Crippen molar-refractivity contribution in [3.63, 3.8) is 0 Å². The molecule has 5 heterocycles. The van der Waals surface area contributed by atoms with Crippen molar-refractivity contribution < 1.29 is 4.79 Å². The summed E-state index contributed by atoms with van der Waals surface area (Å²) in [5.74, 6) is 0.979. The molecule has 1 N–H and O–H groups in total. The fraction of sp³-hybridized carbons (Fsp3) is 0.238. The first-order valence-electron chi connectivity index (χ1n) is 10.0. The molecule has 11 heteroatoms. The number of likely N-dealkylation sites (N-methyl/N-ethyl adjacent to an activating group) is 1. The van der Waals surface area contributed by atoms with E-state index in [-0.39, 0.29) is 11.8 Å². The lowest BCUT2D eigenvalue weighted by molar-refractivity contribution is -0.127. The smallest absolute Gasteiger partial charge is 0.231 e. The number of carbonyl (C=O) groups excluding carboxylic acids is 1. The van der Waals surface area contributed by atoms with Crippen molar-refractivity contribution in [3.8, 4) is 17.2 Å². The number of nitrogens with one attached hydrogen (secondary N) is 1. The van der Waals surface area contributed by atoms with Gasteiger partial charge in [0.2, 0.25) is 11.9 Å². The second-order valence-electron chi connectivity index (χ2n) is 7.55. The molecule has 0 bridgehead atoms. The Bertz CT molecular complexity index is 1300. The summed E-state index contributed by atoms with van der Waals surface area (Å²) in [7, 11) is 3.57. The molecule has 10 nitrogen and oxygen atoms in total. The lowest BCUT2D eigenvalue weighted by Gasteiger charge is -2.08. The molecule has 162 valence electrons. The summed E-state index contributed by atoms with van der Waals surface area (Å²) in [4.78, 5) is 32.0. The van der Waals surface area contributed by atoms with Crippen molar-refractivity contribution in [3.05, 3.63) is 60.0 Å². The van der Waals surface area contributed by atoms with Crippen molar-refractivity contribution in [2.45, 2.75) is 12.3 Å². The van der Waals surface area contributed by atoms with Crippen molar-refractivity contribution in [1.29, 1.82) is 0 Å². The standard InChI is InChI=1S/C21H20ClN9O/c1-29-9-7-13(20(29)32)17-11-31(12-24-17)18-5-3-4-14(26-18)15-6-8-23-21(27-15)28-16-10-25-30(2)19(16)22/h3-6,8,10-13H,7,9H2,1-2H3,(H,23,27,28). The average molecular weight is 450 g/mol. The first-order valence-corrected chi connectivity index (χ1v) is 10.4. The van der Waals surface area contributed by atoms with Crippen molar-refractivity contribution in [2.75, 3.05) is 18.9 Å². The van der Waals surface area contributed by atoms with Gasteiger partial charge in [0.05, 0.1) is 34.9 Å². The third kappa shape index (κ3) is 3.69. The van der Waals surface area contributed by atoms with Crippen LogP contribution in [0.4, 0.5) is 11.6 Å². The second kappa shape index (κ2) is 8.04. The number of nitrogens with zero attached hydrogens (tertiary/aromatic N) is 8. The number of halogens is 1. The van der Waals surface area contributed by atoms with Crippen LogP contribution in [-0.2, 0) is 11.8 Å². The van der Waals surface area contributed by atoms with Crippen LogP contribution in [0.3, 0.4) is 0 Å². The van der Waals surface area contributed by atoms with Crippen LogP contribution in [0.25, 0.3) is 17.2 Å². The minimum atomic E-state index is -0.195. The van der Waals surface area contributed by atoms with Crippen LogP contribution >= 0.6 is 11.6 Å². The number of likely N-dealkylation sites (tertiary alicyclic amines) is 1. The minimum absolute atomic E-state index is 0.103. The number of pyridine rings is 1. The molecule has 1 aliphatic heterocycles. The summed E-state index contributed by atoms with van der Waals surface area (Å²) in [6, 6.07) is 7.45. The molecule has 0 aliphatic carbocycles. The number of aromatic nitrogens is 7. The van der Waals surface area contributed by atoms with Crippen LogP contribution in [0, 0.1) is 0 Å². The number of rotatable bonds is 5. The zero-order valence-corrected chi connectivity index (χ0v) is 18.2. The van der Waals surface area contributed by atoms with Gasteiger partial charge in [0, 0.05) is 33.0 Å². The van der Waals surface area contributed by atoms with E-state index in [1.165, 1.54) is 0 Å². The van der Waals surface area contributed by atoms with Crippen molar-refractivity contribution >= 4 is 29.1 Å². The summed E-state index contributed by atoms with van der Waals surface area (Å²) in [5, 5.41) is 7.63. The maximum absolute atomic E-state index is 12.3. The van der Waals surface area contributed by atoms with E-state index in [0.29, 0.717) is 34.0 Å². The average Bonchev–Trinajstić information content (AvgIpc) is 3.51. The van der Waals surface area contributed by atoms with Gasteiger partial charge in [-0.2, -0.15) is 5.10 Å². The summed E-state index contributed by atoms with van der Waals surface area (Å²) in [5.41, 5.74) is 2.70. The van der Waals surface area contributed by atoms with Crippen LogP contribution in [0.15, 0.2) is 49.2 Å². The zero-order chi connectivity index (χ0) is 22.2. The lowest BCUT2D eigenvalue weighted by Crippen LogP contribution is -2.21. The third-order valence-electron chi connectivity index (χ3n) is 5.42. The van der Waals surface area contributed by atoms with Crippen LogP contribution in [0.1, 0.15) is 18.0 Å². The molecule has 0 saturated carbocycles. The fourth-order valence-electron chi connectivity index (χ4n) is 3.64. The van der Waals surface area contributed by atoms with Crippen LogP contribution in [-0.4, -0.2) is 58.7 Å². The molecule has 4 aromatic heterocycles. The molecular formula is C21H20ClN9O. The first kappa shape index (κ1) is 20.1. The van der Waals surface area contributed by atoms with E-state index in [1.807, 2.05) is 36.0 Å². The highest BCUT2D eigenvalue weighted by atomic mass is 35.5. The topological polar surface area (TPSA) is 107 Å². The van der Waals surface area contributed by atoms with E-state index >= 15 is 0 Å². The van der Waals surface area contributed by atoms with Crippen molar-refractivity contribution in [2.24, 2.45) is 7.05 Å². The van der Waals surface area contributed by atoms with Gasteiger partial charge < -0.3 is 10.2 Å². The number of anilines is 2. The van der Waals surface area contributed by atoms with E-state index in [1.54, 1.807) is 41.4 Å². The Morgan fingerprint density at radius 1 is 1.12 bits per heavy atom. The van der Waals surface area contributed by atoms with Gasteiger partial charge in [0.1, 0.15) is 17.3 Å². The summed E-state index contributed by atoms with van der Waals surface area (Å²) < 4.78 is 3.37. The van der Waals surface area contributed by atoms with E-state index < -0.39 is 0 Å². The predicted molar refractivity (Wildman–Crippen MR) is 119 cm³/mol. The van der Waals surface area contributed by atoms with Gasteiger partial charge in [-0.15, -0.1) is 0 Å². The molecule has 1 unspecified atom stereocenters. The lowest BCUT2D eigenvalue weighted by atomic mass is 10.1. The normalized spacial score (nSPS) is 16.0. The Balaban J connectivity index is 1.40. The zero-order valence-electron chi connectivity index (χ0n) is 17.5. The number of hydrogen-bond donors (Lipinski definition) is 1. The molecule has 4 aromatic rings. The Labute approximate surface area is 188 Å². The monoisotopic (exact) mass is 449 g/mol. The number of amides is 1. The van der Waals surface area contributed by atoms with E-state index in [2.05, 4.69) is 25.4 Å². The summed E-state index contributed by atoms with van der Waals surface area (Å²) in [6.07, 6.45) is 7.59. The number of imidazole rings is 1. The van der Waals surface area contributed by atoms with Gasteiger partial charge in [-0.1, -0.05) is 17.7 Å². The van der Waals surface area contributed by atoms with Gasteiger partial charge in [0.15, 0.2) is 0 Å². The largest absolute Gasteiger partial charge is 0.345 e. The van der Waals surface area contributed by atoms with E-state index in [0.717, 1.165) is 18.7 Å². The number of hydrogen-bond acceptors (Lipinski definition) is 7. The number of aryl methyl sites for hydroxylation is 1. The van der Waals surface area contributed by atoms with E-state index in [9.17, 15) is 4.79 Å². The molecule has 1 saturated heterocycles. The molecule has 1 fully saturated rings. The Morgan fingerprint density at radius 2 is 1.97 bits per heavy atom. The highest BCUT2D eigenvalue weighted by molar-refractivity contribution is 6.32. The Morgan fingerprint density at radius 3 is 2.72 bits per heavy atom. The minimum Gasteiger partial charge on any atom is -0.345 e. The molecule has 0 spiro atoms. The molecule has 0 radical (unpaired) electrons. The maximum Gasteiger partial charge on any atom is 0.231 e. The van der Waals surface area contributed by atoms with Gasteiger partial charge in [-0.3, -0.25) is 14.0 Å². The molecule has 1 aliphatic rings. The summed E-state index contributed by atoms with van der Waals surface area (Å²) in [6.45, 7) is 0.748. The van der Waals surface area contributed by atoms with Gasteiger partial charge in [-0.25, -0.2) is 19.9 Å². The molecule has 0 aromatic carbocycles. The predicted octanol–water partition coefficient (Wildman–Crippen LogP) is 2.80. The highest BCUT2D eigenvalue weighted by Gasteiger charge is 2.32. The van der Waals surface area contributed by atoms with Gasteiger partial charge in [-0.05, 0) is 24.6 Å². The number of carbonyl (C=O) groups is 1. The molecule has 32 heavy (non-hydrogen) atoms. The molecule has 1 amide bonds. The fourth-order valence-corrected chi connectivity index (χ4v) is 3.78. The molecular weight excluding hydrogens is 430 g/mol. The van der Waals surface area contributed by atoms with Gasteiger partial charge >= 0.3 is 0 Å². The third-order valence-corrected chi connectivity index (χ3v) is 5.87. The maximum atomic E-state index is 12.3. The summed E-state index contributed by atoms with van der Waals surface area (Å²) >= 11 is 6.21.